The van der Waals surface area contributed by atoms with E-state index < -0.39 is 0 Å². The van der Waals surface area contributed by atoms with Crippen LogP contribution in [0.4, 0.5) is 0 Å². The Morgan fingerprint density at radius 3 is 1.63 bits per heavy atom. The minimum atomic E-state index is 0.792. The Morgan fingerprint density at radius 2 is 1.26 bits per heavy atom. The van der Waals surface area contributed by atoms with Gasteiger partial charge in [0.1, 0.15) is 0 Å². The third kappa shape index (κ3) is 2.98. The molecular formula is C17H33N2+. The zero-order valence-electron chi connectivity index (χ0n) is 13.4. The van der Waals surface area contributed by atoms with Crippen molar-refractivity contribution in [1.29, 1.82) is 0 Å². The van der Waals surface area contributed by atoms with Crippen molar-refractivity contribution in [3.8, 4) is 0 Å². The maximum absolute atomic E-state index is 2.72. The molecule has 0 aromatic rings. The second-order valence-electron chi connectivity index (χ2n) is 6.41. The van der Waals surface area contributed by atoms with E-state index in [2.05, 4.69) is 43.5 Å². The predicted molar refractivity (Wildman–Crippen MR) is 82.9 cm³/mol. The molecule has 2 nitrogen and oxygen atoms in total. The Morgan fingerprint density at radius 1 is 0.789 bits per heavy atom. The van der Waals surface area contributed by atoms with Crippen LogP contribution in [0.1, 0.15) is 79.1 Å². The fourth-order valence-electron chi connectivity index (χ4n) is 4.15. The van der Waals surface area contributed by atoms with Crippen LogP contribution in [-0.4, -0.2) is 40.0 Å². The average molecular weight is 265 g/mol. The van der Waals surface area contributed by atoms with E-state index in [1.165, 1.54) is 51.4 Å². The highest BCUT2D eigenvalue weighted by atomic mass is 15.3. The first-order valence-electron chi connectivity index (χ1n) is 8.64. The van der Waals surface area contributed by atoms with Gasteiger partial charge in [0.2, 0.25) is 6.34 Å². The molecule has 2 heteroatoms. The Balaban J connectivity index is 2.20. The number of hydrogen-bond acceptors (Lipinski definition) is 0. The number of hydrogen-bond donors (Lipinski definition) is 0. The largest absolute Gasteiger partial charge is 0.263 e. The highest BCUT2D eigenvalue weighted by molar-refractivity contribution is 5.51. The molecular weight excluding hydrogens is 232 g/mol. The van der Waals surface area contributed by atoms with Crippen molar-refractivity contribution in [2.75, 3.05) is 0 Å². The molecule has 19 heavy (non-hydrogen) atoms. The predicted octanol–water partition coefficient (Wildman–Crippen LogP) is 4.03. The van der Waals surface area contributed by atoms with E-state index in [-0.39, 0.29) is 0 Å². The molecule has 0 spiro atoms. The summed E-state index contributed by atoms with van der Waals surface area (Å²) in [5, 5.41) is 0. The van der Waals surface area contributed by atoms with E-state index in [0.717, 1.165) is 24.2 Å². The van der Waals surface area contributed by atoms with Crippen LogP contribution in [0.25, 0.3) is 0 Å². The summed E-state index contributed by atoms with van der Waals surface area (Å²) in [5.41, 5.74) is 0. The number of nitrogens with zero attached hydrogens (tertiary/aromatic N) is 2. The Labute approximate surface area is 119 Å². The lowest BCUT2D eigenvalue weighted by atomic mass is 10.1. The van der Waals surface area contributed by atoms with E-state index >= 15 is 0 Å². The maximum Gasteiger partial charge on any atom is 0.234 e. The molecule has 0 aromatic heterocycles. The van der Waals surface area contributed by atoms with Crippen LogP contribution in [0.2, 0.25) is 0 Å². The molecule has 0 aromatic carbocycles. The summed E-state index contributed by atoms with van der Waals surface area (Å²) >= 11 is 0. The SMILES string of the molecule is CC[C@H]1CC[C@H](CC)N1C=[N+]1[C@@H](CC)CC[C@@H]1CC. The lowest BCUT2D eigenvalue weighted by Crippen LogP contribution is -2.40. The van der Waals surface area contributed by atoms with Crippen molar-refractivity contribution >= 4 is 6.34 Å². The van der Waals surface area contributed by atoms with Gasteiger partial charge in [-0.1, -0.05) is 27.7 Å². The molecule has 0 radical (unpaired) electrons. The van der Waals surface area contributed by atoms with Gasteiger partial charge in [-0.2, -0.15) is 0 Å². The van der Waals surface area contributed by atoms with Gasteiger partial charge in [-0.25, -0.2) is 0 Å². The van der Waals surface area contributed by atoms with Gasteiger partial charge in [-0.05, 0) is 51.4 Å². The van der Waals surface area contributed by atoms with Crippen molar-refractivity contribution in [2.24, 2.45) is 0 Å². The van der Waals surface area contributed by atoms with Crippen LogP contribution < -0.4 is 0 Å². The fraction of sp³-hybridized carbons (Fsp3) is 0.941. The molecule has 2 fully saturated rings. The summed E-state index contributed by atoms with van der Waals surface area (Å²) in [5.74, 6) is 0. The quantitative estimate of drug-likeness (QED) is 0.537. The van der Waals surface area contributed by atoms with Crippen LogP contribution in [-0.2, 0) is 0 Å². The van der Waals surface area contributed by atoms with E-state index in [1.54, 1.807) is 0 Å². The van der Waals surface area contributed by atoms with Crippen LogP contribution in [0.15, 0.2) is 0 Å². The molecule has 110 valence electrons. The monoisotopic (exact) mass is 265 g/mol. The third-order valence-electron chi connectivity index (χ3n) is 5.50. The molecule has 0 amide bonds. The molecule has 2 rings (SSSR count). The molecule has 0 unspecified atom stereocenters. The summed E-state index contributed by atoms with van der Waals surface area (Å²) in [6, 6.07) is 3.17. The second kappa shape index (κ2) is 6.76. The van der Waals surface area contributed by atoms with Gasteiger partial charge in [0.15, 0.2) is 0 Å². The molecule has 0 aliphatic carbocycles. The van der Waals surface area contributed by atoms with Crippen LogP contribution in [0.3, 0.4) is 0 Å². The fourth-order valence-corrected chi connectivity index (χ4v) is 4.15. The zero-order valence-corrected chi connectivity index (χ0v) is 13.4. The lowest BCUT2D eigenvalue weighted by molar-refractivity contribution is -0.579. The van der Waals surface area contributed by atoms with Gasteiger partial charge >= 0.3 is 0 Å². The molecule has 0 bridgehead atoms. The summed E-state index contributed by atoms with van der Waals surface area (Å²) < 4.78 is 2.72. The van der Waals surface area contributed by atoms with E-state index in [4.69, 9.17) is 0 Å². The minimum absolute atomic E-state index is 0.792. The highest BCUT2D eigenvalue weighted by Gasteiger charge is 2.38. The Hall–Kier alpha value is -0.530. The first kappa shape index (κ1) is 14.9. The van der Waals surface area contributed by atoms with Crippen molar-refractivity contribution in [2.45, 2.75) is 103 Å². The number of likely N-dealkylation sites (tertiary alicyclic amines) is 1. The standard InChI is InChI=1S/C17H33N2/c1-5-14-9-10-15(6-2)18(14)13-19-16(7-3)11-12-17(19)8-4/h13-17H,5-12H2,1-4H3/q+1/t14-,15-,16-,17-/m0/s1. The molecule has 0 N–H and O–H groups in total. The van der Waals surface area contributed by atoms with E-state index in [9.17, 15) is 0 Å². The van der Waals surface area contributed by atoms with Crippen molar-refractivity contribution in [3.05, 3.63) is 0 Å². The van der Waals surface area contributed by atoms with Crippen molar-refractivity contribution in [1.82, 2.24) is 4.90 Å². The molecule has 2 saturated heterocycles. The first-order valence-corrected chi connectivity index (χ1v) is 8.64. The minimum Gasteiger partial charge on any atom is -0.263 e. The van der Waals surface area contributed by atoms with Crippen LogP contribution in [0, 0.1) is 0 Å². The summed E-state index contributed by atoms with van der Waals surface area (Å²) in [6.45, 7) is 9.40. The van der Waals surface area contributed by atoms with E-state index in [1.807, 2.05) is 0 Å². The average Bonchev–Trinajstić information content (AvgIpc) is 3.02. The van der Waals surface area contributed by atoms with E-state index in [0.29, 0.717) is 0 Å². The Bertz CT molecular complexity index is 284. The molecule has 2 aliphatic heterocycles. The second-order valence-corrected chi connectivity index (χ2v) is 6.41. The third-order valence-corrected chi connectivity index (χ3v) is 5.50. The van der Waals surface area contributed by atoms with Crippen LogP contribution >= 0.6 is 0 Å². The summed E-state index contributed by atoms with van der Waals surface area (Å²) in [7, 11) is 0. The van der Waals surface area contributed by atoms with Gasteiger partial charge in [0.05, 0.1) is 24.2 Å². The smallest absolute Gasteiger partial charge is 0.234 e. The Kier molecular flexibility index (Phi) is 5.29. The van der Waals surface area contributed by atoms with Gasteiger partial charge in [0.25, 0.3) is 0 Å². The van der Waals surface area contributed by atoms with Crippen molar-refractivity contribution < 1.29 is 4.58 Å². The van der Waals surface area contributed by atoms with Gasteiger partial charge in [-0.3, -0.25) is 9.48 Å². The van der Waals surface area contributed by atoms with Crippen molar-refractivity contribution in [3.63, 3.8) is 0 Å². The maximum atomic E-state index is 2.72. The molecule has 2 heterocycles. The highest BCUT2D eigenvalue weighted by Crippen LogP contribution is 2.29. The van der Waals surface area contributed by atoms with Gasteiger partial charge < -0.3 is 0 Å². The normalized spacial score (nSPS) is 35.2. The molecule has 2 aliphatic rings. The molecule has 0 saturated carbocycles. The lowest BCUT2D eigenvalue weighted by Gasteiger charge is -2.24. The van der Waals surface area contributed by atoms with Gasteiger partial charge in [-0.15, -0.1) is 0 Å². The topological polar surface area (TPSA) is 6.25 Å². The number of rotatable bonds is 5. The summed E-state index contributed by atoms with van der Waals surface area (Å²) in [4.78, 5) is 2.72. The van der Waals surface area contributed by atoms with Crippen LogP contribution in [0.5, 0.6) is 0 Å². The molecule has 4 atom stereocenters. The van der Waals surface area contributed by atoms with Gasteiger partial charge in [0, 0.05) is 0 Å². The first-order chi connectivity index (χ1) is 9.24. The zero-order chi connectivity index (χ0) is 13.8. The summed E-state index contributed by atoms with van der Waals surface area (Å²) in [6.07, 6.45) is 13.3.